The standard InChI is InChI=1S/C16H25N3O2/c1-11-5-6-14(13(17)7-11)18-15(20)9-19-8-12(2)21-16(3,4)10-19/h5-7,12H,8-10,17H2,1-4H3,(H,18,20). The van der Waals surface area contributed by atoms with Gasteiger partial charge in [-0.05, 0) is 45.4 Å². The molecule has 0 spiro atoms. The Kier molecular flexibility index (Phi) is 4.54. The third kappa shape index (κ3) is 4.44. The molecule has 0 saturated carbocycles. The van der Waals surface area contributed by atoms with Crippen molar-refractivity contribution >= 4 is 17.3 Å². The van der Waals surface area contributed by atoms with Crippen LogP contribution in [-0.2, 0) is 9.53 Å². The Bertz CT molecular complexity index is 528. The lowest BCUT2D eigenvalue weighted by Crippen LogP contribution is -2.53. The molecule has 1 fully saturated rings. The van der Waals surface area contributed by atoms with Gasteiger partial charge in [-0.15, -0.1) is 0 Å². The van der Waals surface area contributed by atoms with E-state index >= 15 is 0 Å². The van der Waals surface area contributed by atoms with Crippen molar-refractivity contribution in [3.63, 3.8) is 0 Å². The summed E-state index contributed by atoms with van der Waals surface area (Å²) in [4.78, 5) is 14.3. The van der Waals surface area contributed by atoms with Gasteiger partial charge in [-0.2, -0.15) is 0 Å². The number of morpholine rings is 1. The first kappa shape index (κ1) is 15.8. The van der Waals surface area contributed by atoms with Crippen molar-refractivity contribution < 1.29 is 9.53 Å². The summed E-state index contributed by atoms with van der Waals surface area (Å²) in [5.41, 5.74) is 8.04. The molecule has 0 aliphatic carbocycles. The number of aryl methyl sites for hydroxylation is 1. The fourth-order valence-electron chi connectivity index (χ4n) is 2.90. The van der Waals surface area contributed by atoms with Crippen molar-refractivity contribution in [2.45, 2.75) is 39.4 Å². The molecule has 3 N–H and O–H groups in total. The summed E-state index contributed by atoms with van der Waals surface area (Å²) in [5.74, 6) is -0.0459. The predicted octanol–water partition coefficient (Wildman–Crippen LogP) is 2.02. The highest BCUT2D eigenvalue weighted by atomic mass is 16.5. The van der Waals surface area contributed by atoms with Crippen molar-refractivity contribution in [1.29, 1.82) is 0 Å². The number of ether oxygens (including phenoxy) is 1. The van der Waals surface area contributed by atoms with E-state index in [9.17, 15) is 4.79 Å². The lowest BCUT2D eigenvalue weighted by molar-refractivity contribution is -0.136. The van der Waals surface area contributed by atoms with E-state index in [-0.39, 0.29) is 17.6 Å². The number of nitrogens with one attached hydrogen (secondary N) is 1. The van der Waals surface area contributed by atoms with E-state index in [1.165, 1.54) is 0 Å². The average Bonchev–Trinajstić information content (AvgIpc) is 2.29. The second-order valence-electron chi connectivity index (χ2n) is 6.50. The molecule has 1 aromatic carbocycles. The van der Waals surface area contributed by atoms with Gasteiger partial charge in [0.15, 0.2) is 0 Å². The first-order valence-electron chi connectivity index (χ1n) is 7.31. The van der Waals surface area contributed by atoms with Crippen LogP contribution < -0.4 is 11.1 Å². The van der Waals surface area contributed by atoms with Gasteiger partial charge >= 0.3 is 0 Å². The summed E-state index contributed by atoms with van der Waals surface area (Å²) in [6, 6.07) is 5.63. The molecule has 1 aliphatic rings. The Morgan fingerprint density at radius 3 is 2.86 bits per heavy atom. The number of nitrogens with two attached hydrogens (primary N) is 1. The Morgan fingerprint density at radius 1 is 1.52 bits per heavy atom. The van der Waals surface area contributed by atoms with Gasteiger partial charge in [0, 0.05) is 13.1 Å². The number of anilines is 2. The largest absolute Gasteiger partial charge is 0.397 e. The number of nitrogens with zero attached hydrogens (tertiary/aromatic N) is 1. The van der Waals surface area contributed by atoms with Gasteiger partial charge in [-0.1, -0.05) is 6.07 Å². The number of nitrogen functional groups attached to an aromatic ring is 1. The molecule has 116 valence electrons. The Morgan fingerprint density at radius 2 is 2.24 bits per heavy atom. The maximum Gasteiger partial charge on any atom is 0.238 e. The minimum Gasteiger partial charge on any atom is -0.397 e. The highest BCUT2D eigenvalue weighted by Crippen LogP contribution is 2.22. The summed E-state index contributed by atoms with van der Waals surface area (Å²) >= 11 is 0. The molecule has 1 amide bonds. The SMILES string of the molecule is Cc1ccc(NC(=O)CN2CC(C)OC(C)(C)C2)c(N)c1. The van der Waals surface area contributed by atoms with E-state index in [0.717, 1.165) is 18.7 Å². The van der Waals surface area contributed by atoms with Crippen LogP contribution in [0.15, 0.2) is 18.2 Å². The van der Waals surface area contributed by atoms with Crippen LogP contribution in [-0.4, -0.2) is 42.1 Å². The van der Waals surface area contributed by atoms with Crippen LogP contribution in [0.5, 0.6) is 0 Å². The zero-order valence-corrected chi connectivity index (χ0v) is 13.3. The average molecular weight is 291 g/mol. The Labute approximate surface area is 126 Å². The molecule has 21 heavy (non-hydrogen) atoms. The maximum atomic E-state index is 12.2. The zero-order chi connectivity index (χ0) is 15.6. The van der Waals surface area contributed by atoms with Crippen LogP contribution in [0.1, 0.15) is 26.3 Å². The van der Waals surface area contributed by atoms with Gasteiger partial charge in [0.1, 0.15) is 0 Å². The molecule has 1 aromatic rings. The van der Waals surface area contributed by atoms with Crippen LogP contribution in [0.3, 0.4) is 0 Å². The number of amides is 1. The predicted molar refractivity (Wildman–Crippen MR) is 85.3 cm³/mol. The van der Waals surface area contributed by atoms with Gasteiger partial charge in [-0.3, -0.25) is 9.69 Å². The molecule has 1 heterocycles. The first-order chi connectivity index (χ1) is 9.75. The number of hydrogen-bond acceptors (Lipinski definition) is 4. The third-order valence-corrected chi connectivity index (χ3v) is 3.49. The molecule has 1 saturated heterocycles. The number of carbonyl (C=O) groups excluding carboxylic acids is 1. The van der Waals surface area contributed by atoms with Crippen LogP contribution >= 0.6 is 0 Å². The lowest BCUT2D eigenvalue weighted by Gasteiger charge is -2.41. The zero-order valence-electron chi connectivity index (χ0n) is 13.3. The van der Waals surface area contributed by atoms with E-state index in [4.69, 9.17) is 10.5 Å². The fourth-order valence-corrected chi connectivity index (χ4v) is 2.90. The highest BCUT2D eigenvalue weighted by molar-refractivity contribution is 5.95. The van der Waals surface area contributed by atoms with Crippen LogP contribution in [0, 0.1) is 6.92 Å². The minimum atomic E-state index is -0.221. The normalized spacial score (nSPS) is 22.0. The van der Waals surface area contributed by atoms with E-state index < -0.39 is 0 Å². The van der Waals surface area contributed by atoms with E-state index in [0.29, 0.717) is 17.9 Å². The number of carbonyl (C=O) groups is 1. The summed E-state index contributed by atoms with van der Waals surface area (Å²) < 4.78 is 5.84. The van der Waals surface area contributed by atoms with Crippen molar-refractivity contribution in [2.75, 3.05) is 30.7 Å². The van der Waals surface area contributed by atoms with Gasteiger partial charge in [0.05, 0.1) is 29.6 Å². The van der Waals surface area contributed by atoms with Crippen molar-refractivity contribution in [1.82, 2.24) is 4.90 Å². The van der Waals surface area contributed by atoms with Crippen LogP contribution in [0.4, 0.5) is 11.4 Å². The number of rotatable bonds is 3. The van der Waals surface area contributed by atoms with E-state index in [1.807, 2.05) is 45.9 Å². The Hall–Kier alpha value is -1.59. The molecule has 1 aliphatic heterocycles. The monoisotopic (exact) mass is 291 g/mol. The summed E-state index contributed by atoms with van der Waals surface area (Å²) in [6.45, 7) is 9.96. The van der Waals surface area contributed by atoms with Crippen molar-refractivity contribution in [3.8, 4) is 0 Å². The van der Waals surface area contributed by atoms with Crippen molar-refractivity contribution in [2.24, 2.45) is 0 Å². The summed E-state index contributed by atoms with van der Waals surface area (Å²) in [5, 5.41) is 2.88. The molecular formula is C16H25N3O2. The topological polar surface area (TPSA) is 67.6 Å². The van der Waals surface area contributed by atoms with Gasteiger partial charge < -0.3 is 15.8 Å². The summed E-state index contributed by atoms with van der Waals surface area (Å²) in [6.07, 6.45) is 0.131. The van der Waals surface area contributed by atoms with Crippen LogP contribution in [0.25, 0.3) is 0 Å². The molecule has 0 radical (unpaired) electrons. The minimum absolute atomic E-state index is 0.0459. The second kappa shape index (κ2) is 6.03. The molecular weight excluding hydrogens is 266 g/mol. The number of hydrogen-bond donors (Lipinski definition) is 2. The quantitative estimate of drug-likeness (QED) is 0.836. The molecule has 2 rings (SSSR count). The van der Waals surface area contributed by atoms with Crippen molar-refractivity contribution in [3.05, 3.63) is 23.8 Å². The highest BCUT2D eigenvalue weighted by Gasteiger charge is 2.32. The summed E-state index contributed by atoms with van der Waals surface area (Å²) in [7, 11) is 0. The molecule has 5 nitrogen and oxygen atoms in total. The molecule has 5 heteroatoms. The lowest BCUT2D eigenvalue weighted by atomic mass is 10.1. The third-order valence-electron chi connectivity index (χ3n) is 3.49. The molecule has 0 bridgehead atoms. The Balaban J connectivity index is 1.95. The fraction of sp³-hybridized carbons (Fsp3) is 0.562. The second-order valence-corrected chi connectivity index (χ2v) is 6.50. The first-order valence-corrected chi connectivity index (χ1v) is 7.31. The van der Waals surface area contributed by atoms with Gasteiger partial charge in [-0.25, -0.2) is 0 Å². The van der Waals surface area contributed by atoms with Gasteiger partial charge in [0.25, 0.3) is 0 Å². The smallest absolute Gasteiger partial charge is 0.238 e. The molecule has 1 unspecified atom stereocenters. The molecule has 0 aromatic heterocycles. The molecule has 1 atom stereocenters. The van der Waals surface area contributed by atoms with E-state index in [1.54, 1.807) is 0 Å². The van der Waals surface area contributed by atoms with Crippen LogP contribution in [0.2, 0.25) is 0 Å². The maximum absolute atomic E-state index is 12.2. The number of benzene rings is 1. The van der Waals surface area contributed by atoms with Gasteiger partial charge in [0.2, 0.25) is 5.91 Å². The van der Waals surface area contributed by atoms with E-state index in [2.05, 4.69) is 10.2 Å².